The highest BCUT2D eigenvalue weighted by Crippen LogP contribution is 2.24. The molecule has 4 nitrogen and oxygen atoms in total. The van der Waals surface area contributed by atoms with Gasteiger partial charge in [-0.15, -0.1) is 6.58 Å². The van der Waals surface area contributed by atoms with Gasteiger partial charge in [-0.2, -0.15) is 0 Å². The van der Waals surface area contributed by atoms with E-state index in [9.17, 15) is 4.79 Å². The van der Waals surface area contributed by atoms with Crippen LogP contribution in [0.15, 0.2) is 12.7 Å². The minimum absolute atomic E-state index is 0.108. The molecule has 0 aliphatic carbocycles. The van der Waals surface area contributed by atoms with Crippen molar-refractivity contribution in [2.24, 2.45) is 0 Å². The number of carbonyl (C=O) groups is 1. The Bertz CT molecular complexity index is 271. The Hall–Kier alpha value is -0.870. The summed E-state index contributed by atoms with van der Waals surface area (Å²) in [5.74, 6) is -0.108. The highest BCUT2D eigenvalue weighted by molar-refractivity contribution is 5.81. The zero-order valence-electron chi connectivity index (χ0n) is 11.7. The van der Waals surface area contributed by atoms with Gasteiger partial charge in [0.15, 0.2) is 0 Å². The third kappa shape index (κ3) is 3.82. The summed E-state index contributed by atoms with van der Waals surface area (Å²) >= 11 is 0. The molecule has 4 heteroatoms. The minimum atomic E-state index is -0.506. The van der Waals surface area contributed by atoms with Gasteiger partial charge in [-0.25, -0.2) is 0 Å². The maximum atomic E-state index is 12.2. The van der Waals surface area contributed by atoms with E-state index in [0.29, 0.717) is 13.2 Å². The molecule has 18 heavy (non-hydrogen) atoms. The number of hydrogen-bond donors (Lipinski definition) is 1. The molecular weight excluding hydrogens is 228 g/mol. The van der Waals surface area contributed by atoms with Crippen molar-refractivity contribution in [1.29, 1.82) is 0 Å². The van der Waals surface area contributed by atoms with Crippen molar-refractivity contribution in [3.05, 3.63) is 12.7 Å². The second-order valence-corrected chi connectivity index (χ2v) is 4.81. The van der Waals surface area contributed by atoms with Gasteiger partial charge in [0.05, 0.1) is 6.61 Å². The number of nitrogens with one attached hydrogen (secondary N) is 1. The second-order valence-electron chi connectivity index (χ2n) is 4.81. The number of ether oxygens (including phenoxy) is 1. The summed E-state index contributed by atoms with van der Waals surface area (Å²) in [5, 5.41) is 3.31. The van der Waals surface area contributed by atoms with Crippen LogP contribution in [0.3, 0.4) is 0 Å². The lowest BCUT2D eigenvalue weighted by Crippen LogP contribution is -2.59. The van der Waals surface area contributed by atoms with Crippen molar-refractivity contribution in [3.8, 4) is 0 Å². The second kappa shape index (κ2) is 7.54. The largest absolute Gasteiger partial charge is 0.465 e. The van der Waals surface area contributed by atoms with Crippen LogP contribution in [0.1, 0.15) is 33.1 Å². The lowest BCUT2D eigenvalue weighted by molar-refractivity contribution is -0.153. The van der Waals surface area contributed by atoms with Crippen molar-refractivity contribution in [2.75, 3.05) is 32.8 Å². The maximum absolute atomic E-state index is 12.2. The zero-order chi connectivity index (χ0) is 13.4. The highest BCUT2D eigenvalue weighted by atomic mass is 16.5. The molecule has 0 amide bonds. The molecule has 0 bridgehead atoms. The van der Waals surface area contributed by atoms with Gasteiger partial charge in [0.1, 0.15) is 5.54 Å². The molecule has 0 aromatic rings. The van der Waals surface area contributed by atoms with E-state index in [-0.39, 0.29) is 5.97 Å². The van der Waals surface area contributed by atoms with Gasteiger partial charge >= 0.3 is 5.97 Å². The zero-order valence-corrected chi connectivity index (χ0v) is 11.7. The number of likely N-dealkylation sites (tertiary alicyclic amines) is 1. The van der Waals surface area contributed by atoms with Crippen LogP contribution in [0.4, 0.5) is 0 Å². The number of nitrogens with zero attached hydrogens (tertiary/aromatic N) is 1. The SMILES string of the molecule is C=CCNC1(C(=O)OCC)CCN(CCC)CC1. The quantitative estimate of drug-likeness (QED) is 0.553. The van der Waals surface area contributed by atoms with Gasteiger partial charge in [-0.3, -0.25) is 10.1 Å². The molecular formula is C14H26N2O2. The lowest BCUT2D eigenvalue weighted by atomic mass is 9.87. The minimum Gasteiger partial charge on any atom is -0.465 e. The molecule has 0 saturated carbocycles. The number of piperidine rings is 1. The van der Waals surface area contributed by atoms with E-state index < -0.39 is 5.54 Å². The fourth-order valence-corrected chi connectivity index (χ4v) is 2.46. The molecule has 0 atom stereocenters. The van der Waals surface area contributed by atoms with Gasteiger partial charge in [0, 0.05) is 19.6 Å². The van der Waals surface area contributed by atoms with Crippen molar-refractivity contribution >= 4 is 5.97 Å². The molecule has 0 unspecified atom stereocenters. The predicted molar refractivity (Wildman–Crippen MR) is 73.5 cm³/mol. The monoisotopic (exact) mass is 254 g/mol. The first-order valence-corrected chi connectivity index (χ1v) is 6.94. The van der Waals surface area contributed by atoms with Crippen LogP contribution in [0, 0.1) is 0 Å². The van der Waals surface area contributed by atoms with Crippen molar-refractivity contribution in [3.63, 3.8) is 0 Å². The van der Waals surface area contributed by atoms with Crippen molar-refractivity contribution in [2.45, 2.75) is 38.6 Å². The molecule has 1 saturated heterocycles. The van der Waals surface area contributed by atoms with Crippen LogP contribution in [-0.4, -0.2) is 49.2 Å². The Morgan fingerprint density at radius 1 is 1.44 bits per heavy atom. The third-order valence-electron chi connectivity index (χ3n) is 3.50. The first-order chi connectivity index (χ1) is 8.68. The van der Waals surface area contributed by atoms with Crippen LogP contribution in [0.5, 0.6) is 0 Å². The lowest BCUT2D eigenvalue weighted by Gasteiger charge is -2.40. The van der Waals surface area contributed by atoms with E-state index in [4.69, 9.17) is 4.74 Å². The summed E-state index contributed by atoms with van der Waals surface area (Å²) in [4.78, 5) is 14.6. The standard InChI is InChI=1S/C14H26N2O2/c1-4-9-15-14(13(17)18-6-3)7-11-16(10-5-2)12-8-14/h4,15H,1,5-12H2,2-3H3. The molecule has 1 rings (SSSR count). The van der Waals surface area contributed by atoms with Crippen LogP contribution in [0.25, 0.3) is 0 Å². The molecule has 1 N–H and O–H groups in total. The highest BCUT2D eigenvalue weighted by Gasteiger charge is 2.41. The molecule has 0 aromatic carbocycles. The number of carbonyl (C=O) groups excluding carboxylic acids is 1. The molecule has 1 heterocycles. The van der Waals surface area contributed by atoms with E-state index in [2.05, 4.69) is 23.7 Å². The average molecular weight is 254 g/mol. The Kier molecular flexibility index (Phi) is 6.36. The Labute approximate surface area is 110 Å². The molecule has 0 spiro atoms. The molecule has 1 aliphatic rings. The summed E-state index contributed by atoms with van der Waals surface area (Å²) < 4.78 is 5.22. The molecule has 1 aliphatic heterocycles. The van der Waals surface area contributed by atoms with E-state index in [1.807, 2.05) is 6.92 Å². The Balaban J connectivity index is 2.63. The van der Waals surface area contributed by atoms with Crippen molar-refractivity contribution in [1.82, 2.24) is 10.2 Å². The van der Waals surface area contributed by atoms with Crippen LogP contribution < -0.4 is 5.32 Å². The van der Waals surface area contributed by atoms with Gasteiger partial charge in [-0.1, -0.05) is 13.0 Å². The van der Waals surface area contributed by atoms with E-state index in [1.165, 1.54) is 0 Å². The Morgan fingerprint density at radius 3 is 2.61 bits per heavy atom. The van der Waals surface area contributed by atoms with Gasteiger partial charge in [0.2, 0.25) is 0 Å². The topological polar surface area (TPSA) is 41.6 Å². The van der Waals surface area contributed by atoms with Crippen molar-refractivity contribution < 1.29 is 9.53 Å². The van der Waals surface area contributed by atoms with Gasteiger partial charge in [0.25, 0.3) is 0 Å². The number of esters is 1. The number of rotatable bonds is 7. The first kappa shape index (κ1) is 15.2. The van der Waals surface area contributed by atoms with Crippen LogP contribution in [0.2, 0.25) is 0 Å². The molecule has 104 valence electrons. The summed E-state index contributed by atoms with van der Waals surface area (Å²) in [6.07, 6.45) is 4.59. The van der Waals surface area contributed by atoms with Crippen LogP contribution >= 0.6 is 0 Å². The fourth-order valence-electron chi connectivity index (χ4n) is 2.46. The Morgan fingerprint density at radius 2 is 2.11 bits per heavy atom. The predicted octanol–water partition coefficient (Wildman–Crippen LogP) is 1.57. The normalized spacial score (nSPS) is 19.4. The van der Waals surface area contributed by atoms with Crippen LogP contribution in [-0.2, 0) is 9.53 Å². The average Bonchev–Trinajstić information content (AvgIpc) is 2.39. The van der Waals surface area contributed by atoms with E-state index >= 15 is 0 Å². The molecule has 0 radical (unpaired) electrons. The summed E-state index contributed by atoms with van der Waals surface area (Å²) in [6, 6.07) is 0. The third-order valence-corrected chi connectivity index (χ3v) is 3.50. The summed E-state index contributed by atoms with van der Waals surface area (Å²) in [7, 11) is 0. The molecule has 0 aromatic heterocycles. The summed E-state index contributed by atoms with van der Waals surface area (Å²) in [6.45, 7) is 11.8. The van der Waals surface area contributed by atoms with Gasteiger partial charge < -0.3 is 9.64 Å². The fraction of sp³-hybridized carbons (Fsp3) is 0.786. The maximum Gasteiger partial charge on any atom is 0.326 e. The first-order valence-electron chi connectivity index (χ1n) is 6.94. The summed E-state index contributed by atoms with van der Waals surface area (Å²) in [5.41, 5.74) is -0.506. The van der Waals surface area contributed by atoms with Gasteiger partial charge in [-0.05, 0) is 32.7 Å². The molecule has 1 fully saturated rings. The smallest absolute Gasteiger partial charge is 0.326 e. The van der Waals surface area contributed by atoms with E-state index in [1.54, 1.807) is 6.08 Å². The number of hydrogen-bond acceptors (Lipinski definition) is 4. The van der Waals surface area contributed by atoms with E-state index in [0.717, 1.165) is 38.9 Å².